The highest BCUT2D eigenvalue weighted by atomic mass is 19.1. The number of aliphatic hydroxyl groups excluding tert-OH is 1. The number of aromatic nitrogens is 1. The second-order valence-electron chi connectivity index (χ2n) is 6.96. The molecule has 0 unspecified atom stereocenters. The molecule has 0 aliphatic carbocycles. The molecular weight excluding hydrogens is 351 g/mol. The van der Waals surface area contributed by atoms with E-state index in [2.05, 4.69) is 4.98 Å². The number of likely N-dealkylation sites (tertiary alicyclic amines) is 1. The molecule has 1 aliphatic rings. The van der Waals surface area contributed by atoms with Crippen molar-refractivity contribution in [1.82, 2.24) is 9.88 Å². The number of hydrogen-bond acceptors (Lipinski definition) is 4. The van der Waals surface area contributed by atoms with Gasteiger partial charge < -0.3 is 15.1 Å². The van der Waals surface area contributed by atoms with E-state index < -0.39 is 23.3 Å². The van der Waals surface area contributed by atoms with Crippen molar-refractivity contribution < 1.29 is 24.2 Å². The van der Waals surface area contributed by atoms with E-state index in [9.17, 15) is 24.2 Å². The highest BCUT2D eigenvalue weighted by Crippen LogP contribution is 2.35. The molecule has 0 radical (unpaired) electrons. The van der Waals surface area contributed by atoms with Gasteiger partial charge in [0.1, 0.15) is 16.9 Å². The van der Waals surface area contributed by atoms with Crippen molar-refractivity contribution in [1.29, 1.82) is 0 Å². The third-order valence-electron chi connectivity index (χ3n) is 5.04. The van der Waals surface area contributed by atoms with Crippen LogP contribution in [-0.2, 0) is 11.2 Å². The van der Waals surface area contributed by atoms with Crippen LogP contribution in [0.4, 0.5) is 4.39 Å². The fourth-order valence-electron chi connectivity index (χ4n) is 3.50. The predicted molar refractivity (Wildman–Crippen MR) is 95.7 cm³/mol. The molecule has 0 spiro atoms. The van der Waals surface area contributed by atoms with E-state index in [1.165, 1.54) is 29.2 Å². The summed E-state index contributed by atoms with van der Waals surface area (Å²) in [4.78, 5) is 30.6. The van der Waals surface area contributed by atoms with Gasteiger partial charge >= 0.3 is 5.97 Å². The lowest BCUT2D eigenvalue weighted by Gasteiger charge is -2.43. The first kappa shape index (κ1) is 19.0. The molecule has 2 heterocycles. The summed E-state index contributed by atoms with van der Waals surface area (Å²) in [7, 11) is 0. The van der Waals surface area contributed by atoms with Crippen LogP contribution in [-0.4, -0.2) is 51.2 Å². The number of carbonyl (C=O) groups excluding carboxylic acids is 1. The lowest BCUT2D eigenvalue weighted by Crippen LogP contribution is -2.58. The van der Waals surface area contributed by atoms with Gasteiger partial charge in [0, 0.05) is 18.8 Å². The molecule has 7 heteroatoms. The van der Waals surface area contributed by atoms with Crippen LogP contribution in [0.5, 0.6) is 0 Å². The Morgan fingerprint density at radius 1 is 1.26 bits per heavy atom. The van der Waals surface area contributed by atoms with E-state index in [1.54, 1.807) is 25.1 Å². The molecule has 3 rings (SSSR count). The highest BCUT2D eigenvalue weighted by molar-refractivity contribution is 5.93. The average Bonchev–Trinajstić information content (AvgIpc) is 2.64. The Morgan fingerprint density at radius 3 is 2.59 bits per heavy atom. The van der Waals surface area contributed by atoms with Gasteiger partial charge in [0.25, 0.3) is 5.91 Å². The number of aliphatic hydroxyl groups is 1. The molecule has 142 valence electrons. The number of aryl methyl sites for hydroxylation is 1. The first-order valence-corrected chi connectivity index (χ1v) is 8.71. The summed E-state index contributed by atoms with van der Waals surface area (Å²) in [5.41, 5.74) is -0.0442. The Bertz CT molecular complexity index is 855. The first-order chi connectivity index (χ1) is 12.8. The van der Waals surface area contributed by atoms with Gasteiger partial charge in [-0.05, 0) is 49.6 Å². The molecule has 1 amide bonds. The van der Waals surface area contributed by atoms with Crippen LogP contribution in [0.3, 0.4) is 0 Å². The zero-order valence-corrected chi connectivity index (χ0v) is 14.9. The van der Waals surface area contributed by atoms with Gasteiger partial charge in [-0.3, -0.25) is 9.59 Å². The molecule has 1 aromatic heterocycles. The number of halogens is 1. The number of aliphatic carboxylic acids is 1. The van der Waals surface area contributed by atoms with Crippen molar-refractivity contribution in [3.05, 3.63) is 65.2 Å². The Labute approximate surface area is 156 Å². The minimum atomic E-state index is -1.56. The number of rotatable bonds is 4. The molecule has 1 aliphatic heterocycles. The van der Waals surface area contributed by atoms with Gasteiger partial charge in [-0.15, -0.1) is 0 Å². The van der Waals surface area contributed by atoms with Crippen LogP contribution in [0.2, 0.25) is 0 Å². The number of benzene rings is 1. The molecule has 1 saturated heterocycles. The van der Waals surface area contributed by atoms with Gasteiger partial charge in [-0.25, -0.2) is 9.37 Å². The van der Waals surface area contributed by atoms with Crippen LogP contribution >= 0.6 is 0 Å². The summed E-state index contributed by atoms with van der Waals surface area (Å²) in [6, 6.07) is 10.6. The standard InChI is InChI=1S/C20H21FN2O4/c1-13-3-2-4-16(22-13)18(25)23-10-9-17(24)20(12-23,19(26)27)11-14-5-7-15(21)8-6-14/h2-8,17,24H,9-12H2,1H3,(H,26,27)/t17-,20-/m1/s1. The van der Waals surface area contributed by atoms with Crippen molar-refractivity contribution in [2.24, 2.45) is 5.41 Å². The SMILES string of the molecule is Cc1cccc(C(=O)N2CC[C@@H](O)[C@](Cc3ccc(F)cc3)(C(=O)O)C2)n1. The molecule has 0 bridgehead atoms. The molecule has 2 N–H and O–H groups in total. The van der Waals surface area contributed by atoms with Crippen molar-refractivity contribution in [3.63, 3.8) is 0 Å². The maximum absolute atomic E-state index is 13.2. The fraction of sp³-hybridized carbons (Fsp3) is 0.350. The van der Waals surface area contributed by atoms with Crippen molar-refractivity contribution in [2.45, 2.75) is 25.9 Å². The number of pyridine rings is 1. The minimum Gasteiger partial charge on any atom is -0.481 e. The van der Waals surface area contributed by atoms with Crippen molar-refractivity contribution in [3.8, 4) is 0 Å². The van der Waals surface area contributed by atoms with Gasteiger partial charge in [-0.2, -0.15) is 0 Å². The van der Waals surface area contributed by atoms with Crippen LogP contribution in [0.25, 0.3) is 0 Å². The van der Waals surface area contributed by atoms with Crippen LogP contribution < -0.4 is 0 Å². The largest absolute Gasteiger partial charge is 0.481 e. The maximum atomic E-state index is 13.2. The Kier molecular flexibility index (Phi) is 5.23. The van der Waals surface area contributed by atoms with Gasteiger partial charge in [0.05, 0.1) is 6.10 Å². The van der Waals surface area contributed by atoms with E-state index in [0.717, 1.165) is 0 Å². The van der Waals surface area contributed by atoms with Gasteiger partial charge in [-0.1, -0.05) is 18.2 Å². The molecule has 2 atom stereocenters. The molecule has 0 saturated carbocycles. The summed E-state index contributed by atoms with van der Waals surface area (Å²) in [5, 5.41) is 20.4. The Morgan fingerprint density at radius 2 is 1.96 bits per heavy atom. The monoisotopic (exact) mass is 372 g/mol. The third kappa shape index (κ3) is 3.83. The topological polar surface area (TPSA) is 90.7 Å². The zero-order chi connectivity index (χ0) is 19.6. The second-order valence-corrected chi connectivity index (χ2v) is 6.96. The van der Waals surface area contributed by atoms with Crippen molar-refractivity contribution in [2.75, 3.05) is 13.1 Å². The molecular formula is C20H21FN2O4. The van der Waals surface area contributed by atoms with E-state index >= 15 is 0 Å². The van der Waals surface area contributed by atoms with Crippen LogP contribution in [0, 0.1) is 18.2 Å². The average molecular weight is 372 g/mol. The minimum absolute atomic E-state index is 0.00515. The maximum Gasteiger partial charge on any atom is 0.314 e. The Hall–Kier alpha value is -2.80. The van der Waals surface area contributed by atoms with Gasteiger partial charge in [0.15, 0.2) is 0 Å². The molecule has 1 aromatic carbocycles. The number of hydrogen-bond donors (Lipinski definition) is 2. The van der Waals surface area contributed by atoms with Crippen LogP contribution in [0.15, 0.2) is 42.5 Å². The number of nitrogens with zero attached hydrogens (tertiary/aromatic N) is 2. The number of carboxylic acids is 1. The molecule has 6 nitrogen and oxygen atoms in total. The van der Waals surface area contributed by atoms with E-state index in [4.69, 9.17) is 0 Å². The molecule has 2 aromatic rings. The summed E-state index contributed by atoms with van der Waals surface area (Å²) in [6.07, 6.45) is -0.977. The highest BCUT2D eigenvalue weighted by Gasteiger charge is 2.50. The number of amides is 1. The predicted octanol–water partition coefficient (Wildman–Crippen LogP) is 2.05. The van der Waals surface area contributed by atoms with E-state index in [1.807, 2.05) is 0 Å². The lowest BCUT2D eigenvalue weighted by atomic mass is 9.72. The lowest BCUT2D eigenvalue weighted by molar-refractivity contribution is -0.161. The quantitative estimate of drug-likeness (QED) is 0.857. The first-order valence-electron chi connectivity index (χ1n) is 8.71. The van der Waals surface area contributed by atoms with E-state index in [-0.39, 0.29) is 37.5 Å². The zero-order valence-electron chi connectivity index (χ0n) is 14.9. The summed E-state index contributed by atoms with van der Waals surface area (Å²) in [5.74, 6) is -1.97. The summed E-state index contributed by atoms with van der Waals surface area (Å²) in [6.45, 7) is 1.87. The second kappa shape index (κ2) is 7.44. The fourth-order valence-corrected chi connectivity index (χ4v) is 3.50. The summed E-state index contributed by atoms with van der Waals surface area (Å²) >= 11 is 0. The smallest absolute Gasteiger partial charge is 0.314 e. The number of piperidine rings is 1. The van der Waals surface area contributed by atoms with Gasteiger partial charge in [0.2, 0.25) is 0 Å². The third-order valence-corrected chi connectivity index (χ3v) is 5.04. The Balaban J connectivity index is 1.89. The number of carbonyl (C=O) groups is 2. The van der Waals surface area contributed by atoms with Crippen LogP contribution in [0.1, 0.15) is 28.2 Å². The number of carboxylic acid groups (broad SMARTS) is 1. The van der Waals surface area contributed by atoms with Crippen molar-refractivity contribution >= 4 is 11.9 Å². The molecule has 1 fully saturated rings. The summed E-state index contributed by atoms with van der Waals surface area (Å²) < 4.78 is 13.2. The van der Waals surface area contributed by atoms with E-state index in [0.29, 0.717) is 11.3 Å². The molecule has 27 heavy (non-hydrogen) atoms. The normalized spacial score (nSPS) is 22.5.